The number of ether oxygens (including phenoxy) is 2. The molecule has 1 unspecified atom stereocenters. The van der Waals surface area contributed by atoms with E-state index >= 15 is 0 Å². The quantitative estimate of drug-likeness (QED) is 0.453. The first kappa shape index (κ1) is 24.3. The van der Waals surface area contributed by atoms with E-state index in [9.17, 15) is 20.1 Å². The summed E-state index contributed by atoms with van der Waals surface area (Å²) in [4.78, 5) is 12.6. The first-order valence-corrected chi connectivity index (χ1v) is 11.1. The molecule has 3 N–H and O–H groups in total. The molecule has 0 saturated carbocycles. The van der Waals surface area contributed by atoms with Crippen LogP contribution >= 0.6 is 0 Å². The van der Waals surface area contributed by atoms with Gasteiger partial charge < -0.3 is 24.8 Å². The van der Waals surface area contributed by atoms with E-state index in [1.807, 2.05) is 40.7 Å². The van der Waals surface area contributed by atoms with Crippen LogP contribution in [0.5, 0.6) is 0 Å². The van der Waals surface area contributed by atoms with Gasteiger partial charge in [0.25, 0.3) is 0 Å². The molecular formula is C23H40O6. The number of fused-ring (bicyclic) bond motifs is 2. The zero-order chi connectivity index (χ0) is 22.1. The molecular weight excluding hydrogens is 372 g/mol. The van der Waals surface area contributed by atoms with E-state index in [0.717, 1.165) is 5.57 Å². The van der Waals surface area contributed by atoms with Gasteiger partial charge in [0, 0.05) is 24.2 Å². The van der Waals surface area contributed by atoms with Crippen molar-refractivity contribution in [2.45, 2.75) is 97.9 Å². The Kier molecular flexibility index (Phi) is 7.93. The van der Waals surface area contributed by atoms with Crippen LogP contribution in [0.25, 0.3) is 0 Å². The Morgan fingerprint density at radius 2 is 1.79 bits per heavy atom. The van der Waals surface area contributed by atoms with Crippen LogP contribution in [-0.4, -0.2) is 51.5 Å². The van der Waals surface area contributed by atoms with Gasteiger partial charge in [-0.15, -0.1) is 0 Å². The predicted octanol–water partition coefficient (Wildman–Crippen LogP) is 3.04. The van der Waals surface area contributed by atoms with Crippen LogP contribution in [0.15, 0.2) is 11.6 Å². The molecule has 168 valence electrons. The fourth-order valence-corrected chi connectivity index (χ4v) is 4.91. The van der Waals surface area contributed by atoms with E-state index in [2.05, 4.69) is 0 Å². The summed E-state index contributed by atoms with van der Waals surface area (Å²) in [6.07, 6.45) is 1.10. The van der Waals surface area contributed by atoms with Gasteiger partial charge in [-0.1, -0.05) is 40.7 Å². The van der Waals surface area contributed by atoms with Gasteiger partial charge in [0.05, 0.1) is 24.2 Å². The zero-order valence-corrected chi connectivity index (χ0v) is 19.0. The van der Waals surface area contributed by atoms with E-state index in [1.165, 1.54) is 0 Å². The molecule has 6 heteroatoms. The van der Waals surface area contributed by atoms with Crippen LogP contribution < -0.4 is 0 Å². The van der Waals surface area contributed by atoms with Crippen molar-refractivity contribution < 1.29 is 29.6 Å². The van der Waals surface area contributed by atoms with Gasteiger partial charge in [-0.25, -0.2) is 0 Å². The first-order valence-electron chi connectivity index (χ1n) is 11.1. The van der Waals surface area contributed by atoms with Crippen LogP contribution in [0.3, 0.4) is 0 Å². The molecule has 0 aromatic heterocycles. The van der Waals surface area contributed by atoms with Gasteiger partial charge in [-0.05, 0) is 38.2 Å². The van der Waals surface area contributed by atoms with E-state index in [-0.39, 0.29) is 23.9 Å². The van der Waals surface area contributed by atoms with Crippen molar-refractivity contribution in [3.05, 3.63) is 11.6 Å². The Hall–Kier alpha value is -0.950. The highest BCUT2D eigenvalue weighted by molar-refractivity contribution is 5.73. The molecule has 2 aliphatic rings. The fraction of sp³-hybridized carbons (Fsp3) is 0.870. The maximum atomic E-state index is 12.6. The summed E-state index contributed by atoms with van der Waals surface area (Å²) in [5.41, 5.74) is 0.726. The lowest BCUT2D eigenvalue weighted by Crippen LogP contribution is -2.59. The summed E-state index contributed by atoms with van der Waals surface area (Å²) in [6, 6.07) is 0. The first-order chi connectivity index (χ1) is 13.4. The van der Waals surface area contributed by atoms with Crippen LogP contribution in [0.1, 0.15) is 67.7 Å². The minimum atomic E-state index is -1.52. The molecule has 0 radical (unpaired) electrons. The Bertz CT molecular complexity index is 604. The van der Waals surface area contributed by atoms with Crippen molar-refractivity contribution in [2.75, 3.05) is 0 Å². The molecule has 1 saturated heterocycles. The molecule has 2 bridgehead atoms. The van der Waals surface area contributed by atoms with Gasteiger partial charge in [-0.2, -0.15) is 0 Å². The SMILES string of the molecule is CCC1C/C=C(/C)[C@H](O)[C@@H](C)[C@@]2(O)O[C@@H]([C@@H](C)[C@H](O)[C@@H](C)C(=O)O1)[C@@H](C)C[C@H]2C. The molecule has 1 fully saturated rings. The molecule has 6 nitrogen and oxygen atoms in total. The van der Waals surface area contributed by atoms with Crippen LogP contribution in [0, 0.1) is 29.6 Å². The minimum Gasteiger partial charge on any atom is -0.462 e. The monoisotopic (exact) mass is 412 g/mol. The average Bonchev–Trinajstić information content (AvgIpc) is 2.69. The fourth-order valence-electron chi connectivity index (χ4n) is 4.91. The van der Waals surface area contributed by atoms with Crippen molar-refractivity contribution in [1.29, 1.82) is 0 Å². The third-order valence-corrected chi connectivity index (χ3v) is 7.29. The van der Waals surface area contributed by atoms with Gasteiger partial charge in [0.15, 0.2) is 5.79 Å². The highest BCUT2D eigenvalue weighted by atomic mass is 16.6. The maximum Gasteiger partial charge on any atom is 0.311 e. The number of aliphatic hydroxyl groups is 3. The summed E-state index contributed by atoms with van der Waals surface area (Å²) in [5.74, 6) is -3.65. The van der Waals surface area contributed by atoms with E-state index in [0.29, 0.717) is 19.3 Å². The molecule has 0 aliphatic carbocycles. The lowest BCUT2D eigenvalue weighted by molar-refractivity contribution is -0.334. The third-order valence-electron chi connectivity index (χ3n) is 7.29. The van der Waals surface area contributed by atoms with E-state index in [1.54, 1.807) is 13.8 Å². The Balaban J connectivity index is 2.47. The maximum absolute atomic E-state index is 12.6. The smallest absolute Gasteiger partial charge is 0.311 e. The highest BCUT2D eigenvalue weighted by Crippen LogP contribution is 2.45. The predicted molar refractivity (Wildman–Crippen MR) is 111 cm³/mol. The molecule has 10 atom stereocenters. The summed E-state index contributed by atoms with van der Waals surface area (Å²) in [6.45, 7) is 13.1. The Morgan fingerprint density at radius 3 is 2.38 bits per heavy atom. The molecule has 0 aromatic carbocycles. The highest BCUT2D eigenvalue weighted by Gasteiger charge is 2.52. The van der Waals surface area contributed by atoms with Crippen LogP contribution in [0.2, 0.25) is 0 Å². The number of aliphatic hydroxyl groups excluding tert-OH is 2. The topological polar surface area (TPSA) is 96.2 Å². The van der Waals surface area contributed by atoms with Gasteiger partial charge in [-0.3, -0.25) is 4.79 Å². The molecule has 2 heterocycles. The number of carbonyl (C=O) groups excluding carboxylic acids is 1. The van der Waals surface area contributed by atoms with Crippen LogP contribution in [0.4, 0.5) is 0 Å². The Morgan fingerprint density at radius 1 is 1.17 bits per heavy atom. The third kappa shape index (κ3) is 4.87. The van der Waals surface area contributed by atoms with Crippen LogP contribution in [-0.2, 0) is 14.3 Å². The number of carbonyl (C=O) groups is 1. The standard InChI is InChI=1S/C23H40O6/c1-8-18-10-9-12(2)19(24)17(7)23(27)14(4)11-13(3)21(29-23)15(5)20(25)16(6)22(26)28-18/h9,13-21,24-25,27H,8,10-11H2,1-7H3/b12-9-/t13-,14+,15-,16+,17+,18?,19-,20-,21+,23-/m0/s1. The minimum absolute atomic E-state index is 0.0930. The second-order valence-corrected chi connectivity index (χ2v) is 9.47. The van der Waals surface area contributed by atoms with Gasteiger partial charge in [0.2, 0.25) is 0 Å². The molecule has 0 spiro atoms. The normalized spacial score (nSPS) is 49.5. The Labute approximate surface area is 175 Å². The summed E-state index contributed by atoms with van der Waals surface area (Å²) in [7, 11) is 0. The summed E-state index contributed by atoms with van der Waals surface area (Å²) in [5, 5.41) is 33.3. The van der Waals surface area contributed by atoms with Gasteiger partial charge in [0.1, 0.15) is 6.10 Å². The molecule has 2 rings (SSSR count). The number of rotatable bonds is 1. The molecule has 29 heavy (non-hydrogen) atoms. The van der Waals surface area contributed by atoms with Crippen molar-refractivity contribution in [2.24, 2.45) is 29.6 Å². The van der Waals surface area contributed by atoms with Crippen molar-refractivity contribution in [3.8, 4) is 0 Å². The molecule has 2 aliphatic heterocycles. The van der Waals surface area contributed by atoms with Crippen molar-refractivity contribution >= 4 is 5.97 Å². The lowest BCUT2D eigenvalue weighted by Gasteiger charge is -2.51. The van der Waals surface area contributed by atoms with E-state index < -0.39 is 41.9 Å². The summed E-state index contributed by atoms with van der Waals surface area (Å²) < 4.78 is 11.9. The van der Waals surface area contributed by atoms with Crippen molar-refractivity contribution in [3.63, 3.8) is 0 Å². The number of esters is 1. The zero-order valence-electron chi connectivity index (χ0n) is 19.0. The average molecular weight is 413 g/mol. The summed E-state index contributed by atoms with van der Waals surface area (Å²) >= 11 is 0. The largest absolute Gasteiger partial charge is 0.462 e. The van der Waals surface area contributed by atoms with Gasteiger partial charge >= 0.3 is 5.97 Å². The lowest BCUT2D eigenvalue weighted by atomic mass is 9.72. The molecule has 0 aromatic rings. The van der Waals surface area contributed by atoms with Crippen molar-refractivity contribution in [1.82, 2.24) is 0 Å². The molecule has 0 amide bonds. The number of hydrogen-bond donors (Lipinski definition) is 3. The number of hydrogen-bond acceptors (Lipinski definition) is 6. The number of cyclic esters (lactones) is 1. The van der Waals surface area contributed by atoms with E-state index in [4.69, 9.17) is 9.47 Å². The second-order valence-electron chi connectivity index (χ2n) is 9.47. The second kappa shape index (κ2) is 9.46.